The summed E-state index contributed by atoms with van der Waals surface area (Å²) in [5.41, 5.74) is 0.386. The van der Waals surface area contributed by atoms with Crippen molar-refractivity contribution in [3.05, 3.63) is 64.0 Å². The zero-order chi connectivity index (χ0) is 19.5. The van der Waals surface area contributed by atoms with Gasteiger partial charge >= 0.3 is 5.76 Å². The molecular formula is C17H16ClF3O4S. The van der Waals surface area contributed by atoms with Crippen LogP contribution in [0.25, 0.3) is 0 Å². The molecule has 0 saturated carbocycles. The minimum atomic E-state index is -4.86. The summed E-state index contributed by atoms with van der Waals surface area (Å²) in [7, 11) is -4.86. The van der Waals surface area contributed by atoms with Crippen molar-refractivity contribution in [2.45, 2.75) is 31.1 Å². The number of allylic oxidation sites excluding steroid dienone is 3. The number of halogens is 4. The molecule has 0 saturated heterocycles. The number of benzene rings is 1. The Bertz CT molecular complexity index is 843. The van der Waals surface area contributed by atoms with Gasteiger partial charge in [0.1, 0.15) is 17.3 Å². The first-order valence-electron chi connectivity index (χ1n) is 7.52. The van der Waals surface area contributed by atoms with E-state index in [0.29, 0.717) is 5.57 Å². The number of aliphatic hydroxyl groups is 1. The third-order valence-corrected chi connectivity index (χ3v) is 5.37. The molecule has 1 atom stereocenters. The summed E-state index contributed by atoms with van der Waals surface area (Å²) in [4.78, 5) is -0.618. The third-order valence-electron chi connectivity index (χ3n) is 3.65. The molecule has 9 heteroatoms. The molecule has 0 amide bonds. The van der Waals surface area contributed by atoms with E-state index in [1.165, 1.54) is 6.07 Å². The van der Waals surface area contributed by atoms with Crippen LogP contribution in [0, 0.1) is 5.82 Å². The molecule has 1 aromatic carbocycles. The van der Waals surface area contributed by atoms with Crippen LogP contribution >= 0.6 is 11.6 Å². The number of aliphatic hydroxyl groups excluding tert-OH is 1. The molecular weight excluding hydrogens is 393 g/mol. The average Bonchev–Trinajstić information content (AvgIpc) is 2.59. The van der Waals surface area contributed by atoms with Gasteiger partial charge in [-0.05, 0) is 42.7 Å². The molecule has 0 aliphatic heterocycles. The quantitative estimate of drug-likeness (QED) is 0.803. The molecule has 1 aliphatic rings. The zero-order valence-electron chi connectivity index (χ0n) is 13.5. The number of hydrogen-bond acceptors (Lipinski definition) is 4. The van der Waals surface area contributed by atoms with Gasteiger partial charge in [0.2, 0.25) is 9.84 Å². The molecule has 0 fully saturated rings. The Morgan fingerprint density at radius 2 is 1.96 bits per heavy atom. The van der Waals surface area contributed by atoms with Gasteiger partial charge in [0.15, 0.2) is 0 Å². The smallest absolute Gasteiger partial charge is 0.340 e. The van der Waals surface area contributed by atoms with E-state index < -0.39 is 38.8 Å². The molecule has 1 aliphatic carbocycles. The summed E-state index contributed by atoms with van der Waals surface area (Å²) in [6.07, 6.45) is 0.843. The van der Waals surface area contributed by atoms with Gasteiger partial charge in [-0.1, -0.05) is 18.2 Å². The summed E-state index contributed by atoms with van der Waals surface area (Å²) < 4.78 is 68.1. The number of alkyl halides is 2. The third kappa shape index (κ3) is 5.12. The SMILES string of the molecule is C=C1CC[C@H](O)C/C(S(=O)(=O)C(F)F)=C\C=C1Oc1cc(F)cc(Cl)c1. The van der Waals surface area contributed by atoms with Crippen molar-refractivity contribution >= 4 is 21.4 Å². The van der Waals surface area contributed by atoms with E-state index in [1.54, 1.807) is 0 Å². The van der Waals surface area contributed by atoms with Gasteiger partial charge in [0.05, 0.1) is 11.0 Å². The molecule has 0 heterocycles. The van der Waals surface area contributed by atoms with E-state index >= 15 is 0 Å². The summed E-state index contributed by atoms with van der Waals surface area (Å²) >= 11 is 5.76. The predicted molar refractivity (Wildman–Crippen MR) is 92.1 cm³/mol. The summed E-state index contributed by atoms with van der Waals surface area (Å²) in [6, 6.07) is 3.47. The first-order chi connectivity index (χ1) is 12.1. The van der Waals surface area contributed by atoms with Crippen molar-refractivity contribution in [3.63, 3.8) is 0 Å². The normalized spacial score (nSPS) is 21.3. The first-order valence-corrected chi connectivity index (χ1v) is 9.45. The lowest BCUT2D eigenvalue weighted by Crippen LogP contribution is -2.18. The average molecular weight is 409 g/mol. The van der Waals surface area contributed by atoms with Gasteiger partial charge in [-0.15, -0.1) is 0 Å². The molecule has 26 heavy (non-hydrogen) atoms. The second kappa shape index (κ2) is 8.28. The van der Waals surface area contributed by atoms with Gasteiger partial charge in [-0.25, -0.2) is 12.8 Å². The lowest BCUT2D eigenvalue weighted by Gasteiger charge is -2.14. The van der Waals surface area contributed by atoms with Crippen molar-refractivity contribution in [1.82, 2.24) is 0 Å². The second-order valence-corrected chi connectivity index (χ2v) is 8.08. The lowest BCUT2D eigenvalue weighted by molar-refractivity contribution is 0.166. The van der Waals surface area contributed by atoms with Crippen molar-refractivity contribution in [2.75, 3.05) is 0 Å². The van der Waals surface area contributed by atoms with Crippen LogP contribution in [0.4, 0.5) is 13.2 Å². The fourth-order valence-corrected chi connectivity index (χ4v) is 3.42. The Morgan fingerprint density at radius 1 is 1.27 bits per heavy atom. The van der Waals surface area contributed by atoms with E-state index in [1.807, 2.05) is 0 Å². The first kappa shape index (κ1) is 20.5. The van der Waals surface area contributed by atoms with E-state index in [9.17, 15) is 26.7 Å². The van der Waals surface area contributed by atoms with Gasteiger partial charge in [-0.3, -0.25) is 0 Å². The molecule has 142 valence electrons. The monoisotopic (exact) mass is 408 g/mol. The number of rotatable bonds is 4. The van der Waals surface area contributed by atoms with Crippen LogP contribution < -0.4 is 4.74 Å². The number of sulfone groups is 1. The highest BCUT2D eigenvalue weighted by Crippen LogP contribution is 2.29. The molecule has 0 spiro atoms. The van der Waals surface area contributed by atoms with Crippen LogP contribution in [0.3, 0.4) is 0 Å². The second-order valence-electron chi connectivity index (χ2n) is 5.68. The Labute approximate surface area is 154 Å². The van der Waals surface area contributed by atoms with Crippen LogP contribution in [-0.4, -0.2) is 25.4 Å². The van der Waals surface area contributed by atoms with Crippen LogP contribution in [0.2, 0.25) is 5.02 Å². The van der Waals surface area contributed by atoms with Crippen LogP contribution in [0.15, 0.2) is 53.2 Å². The topological polar surface area (TPSA) is 63.6 Å². The van der Waals surface area contributed by atoms with E-state index in [2.05, 4.69) is 6.58 Å². The minimum absolute atomic E-state index is 0.0360. The molecule has 0 unspecified atom stereocenters. The number of hydrogen-bond donors (Lipinski definition) is 1. The molecule has 4 nitrogen and oxygen atoms in total. The lowest BCUT2D eigenvalue weighted by atomic mass is 10.1. The minimum Gasteiger partial charge on any atom is -0.457 e. The zero-order valence-corrected chi connectivity index (χ0v) is 15.0. The van der Waals surface area contributed by atoms with Crippen molar-refractivity contribution in [2.24, 2.45) is 0 Å². The molecule has 1 N–H and O–H groups in total. The highest BCUT2D eigenvalue weighted by molar-refractivity contribution is 7.95. The standard InChI is InChI=1S/C17H16ClF3O4S/c1-10-2-3-13(22)9-15(26(23,24)17(20)21)4-5-16(10)25-14-7-11(18)6-12(19)8-14/h4-8,13,17,22H,1-3,9H2/b15-4+,16-5?/t13-/m0/s1. The number of ether oxygens (including phenoxy) is 1. The largest absolute Gasteiger partial charge is 0.457 e. The maximum absolute atomic E-state index is 13.4. The molecule has 0 aromatic heterocycles. The Kier molecular flexibility index (Phi) is 6.54. The molecule has 1 aromatic rings. The fourth-order valence-electron chi connectivity index (χ4n) is 2.30. The summed E-state index contributed by atoms with van der Waals surface area (Å²) in [5, 5.41) is 9.98. The van der Waals surface area contributed by atoms with Crippen LogP contribution in [0.5, 0.6) is 5.75 Å². The van der Waals surface area contributed by atoms with Crippen molar-refractivity contribution < 1.29 is 31.4 Å². The Balaban J connectivity index is 2.43. The van der Waals surface area contributed by atoms with Gasteiger partial charge < -0.3 is 9.84 Å². The maximum atomic E-state index is 13.4. The van der Waals surface area contributed by atoms with Crippen molar-refractivity contribution in [3.8, 4) is 5.75 Å². The summed E-state index contributed by atoms with van der Waals surface area (Å²) in [5.74, 6) is -4.16. The van der Waals surface area contributed by atoms with E-state index in [-0.39, 0.29) is 29.4 Å². The van der Waals surface area contributed by atoms with Gasteiger partial charge in [0.25, 0.3) is 0 Å². The highest BCUT2D eigenvalue weighted by atomic mass is 35.5. The molecule has 2 rings (SSSR count). The molecule has 0 bridgehead atoms. The van der Waals surface area contributed by atoms with Crippen molar-refractivity contribution in [1.29, 1.82) is 0 Å². The Hall–Kier alpha value is -1.77. The van der Waals surface area contributed by atoms with E-state index in [4.69, 9.17) is 16.3 Å². The Morgan fingerprint density at radius 3 is 2.58 bits per heavy atom. The fraction of sp³-hybridized carbons (Fsp3) is 0.294. The maximum Gasteiger partial charge on any atom is 0.340 e. The van der Waals surface area contributed by atoms with E-state index in [0.717, 1.165) is 24.3 Å². The van der Waals surface area contributed by atoms with Crippen LogP contribution in [0.1, 0.15) is 19.3 Å². The van der Waals surface area contributed by atoms with Crippen LogP contribution in [-0.2, 0) is 9.84 Å². The van der Waals surface area contributed by atoms with Gasteiger partial charge in [-0.2, -0.15) is 8.78 Å². The van der Waals surface area contributed by atoms with Gasteiger partial charge in [0, 0.05) is 17.5 Å². The molecule has 0 radical (unpaired) electrons. The summed E-state index contributed by atoms with van der Waals surface area (Å²) in [6.45, 7) is 3.78. The predicted octanol–water partition coefficient (Wildman–Crippen LogP) is 4.36. The highest BCUT2D eigenvalue weighted by Gasteiger charge is 2.30.